The van der Waals surface area contributed by atoms with Crippen molar-refractivity contribution < 1.29 is 18.3 Å². The van der Waals surface area contributed by atoms with Gasteiger partial charge in [0, 0.05) is 6.42 Å². The number of hydrogen-bond donors (Lipinski definition) is 1. The number of aliphatic hydroxyl groups excluding tert-OH is 1. The molecule has 5 heteroatoms. The van der Waals surface area contributed by atoms with Gasteiger partial charge in [0.1, 0.15) is 0 Å². The van der Waals surface area contributed by atoms with Crippen LogP contribution in [0.3, 0.4) is 0 Å². The fraction of sp³-hybridized carbons (Fsp3) is 0.364. The van der Waals surface area contributed by atoms with Crippen molar-refractivity contribution >= 4 is 0 Å². The normalized spacial score (nSPS) is 13.2. The van der Waals surface area contributed by atoms with Crippen LogP contribution in [0.5, 0.6) is 0 Å². The monoisotopic (exact) mass is 229 g/mol. The Morgan fingerprint density at radius 2 is 1.81 bits per heavy atom. The number of benzene rings is 1. The second-order valence-electron chi connectivity index (χ2n) is 3.40. The Kier molecular flexibility index (Phi) is 3.91. The summed E-state index contributed by atoms with van der Waals surface area (Å²) in [6, 6.07) is 7.73. The van der Waals surface area contributed by atoms with E-state index in [1.54, 1.807) is 0 Å². The van der Waals surface area contributed by atoms with Crippen LogP contribution < -0.4 is 0 Å². The first-order valence-corrected chi connectivity index (χ1v) is 4.67. The van der Waals surface area contributed by atoms with E-state index < -0.39 is 18.7 Å². The van der Waals surface area contributed by atoms with E-state index in [0.29, 0.717) is 11.1 Å². The van der Waals surface area contributed by atoms with Crippen LogP contribution in [0.15, 0.2) is 24.3 Å². The summed E-state index contributed by atoms with van der Waals surface area (Å²) in [5, 5.41) is 18.0. The van der Waals surface area contributed by atoms with Crippen LogP contribution in [0, 0.1) is 11.3 Å². The first-order chi connectivity index (χ1) is 7.42. The molecule has 0 aliphatic carbocycles. The third-order valence-electron chi connectivity index (χ3n) is 2.13. The van der Waals surface area contributed by atoms with Crippen molar-refractivity contribution in [3.63, 3.8) is 0 Å². The SMILES string of the molecule is N#Cc1ccc(C(O)CCC(F)(F)F)cc1. The van der Waals surface area contributed by atoms with E-state index in [1.165, 1.54) is 24.3 Å². The van der Waals surface area contributed by atoms with Gasteiger partial charge in [-0.1, -0.05) is 12.1 Å². The molecule has 0 aliphatic heterocycles. The highest BCUT2D eigenvalue weighted by Gasteiger charge is 2.28. The lowest BCUT2D eigenvalue weighted by atomic mass is 10.0. The fourth-order valence-corrected chi connectivity index (χ4v) is 1.25. The van der Waals surface area contributed by atoms with Crippen LogP contribution in [0.4, 0.5) is 13.2 Å². The molecule has 0 amide bonds. The van der Waals surface area contributed by atoms with Gasteiger partial charge in [-0.15, -0.1) is 0 Å². The molecule has 0 aliphatic rings. The van der Waals surface area contributed by atoms with Crippen molar-refractivity contribution in [2.45, 2.75) is 25.1 Å². The molecule has 0 bridgehead atoms. The van der Waals surface area contributed by atoms with Crippen molar-refractivity contribution in [1.29, 1.82) is 5.26 Å². The van der Waals surface area contributed by atoms with Crippen LogP contribution in [0.1, 0.15) is 30.1 Å². The van der Waals surface area contributed by atoms with Crippen molar-refractivity contribution in [2.75, 3.05) is 0 Å². The second kappa shape index (κ2) is 4.99. The van der Waals surface area contributed by atoms with Crippen LogP contribution in [0.2, 0.25) is 0 Å². The maximum absolute atomic E-state index is 11.9. The van der Waals surface area contributed by atoms with Crippen LogP contribution in [0.25, 0.3) is 0 Å². The molecule has 1 aromatic rings. The molecule has 16 heavy (non-hydrogen) atoms. The van der Waals surface area contributed by atoms with E-state index in [4.69, 9.17) is 5.26 Å². The van der Waals surface area contributed by atoms with Gasteiger partial charge < -0.3 is 5.11 Å². The number of aliphatic hydroxyl groups is 1. The average Bonchev–Trinajstić information content (AvgIpc) is 2.25. The Morgan fingerprint density at radius 1 is 1.25 bits per heavy atom. The largest absolute Gasteiger partial charge is 0.389 e. The Labute approximate surface area is 90.9 Å². The van der Waals surface area contributed by atoms with Crippen molar-refractivity contribution in [3.8, 4) is 6.07 Å². The lowest BCUT2D eigenvalue weighted by molar-refractivity contribution is -0.140. The lowest BCUT2D eigenvalue weighted by Crippen LogP contribution is -2.10. The van der Waals surface area contributed by atoms with Crippen molar-refractivity contribution in [2.24, 2.45) is 0 Å². The Balaban J connectivity index is 2.60. The molecule has 0 fully saturated rings. The molecule has 0 saturated heterocycles. The topological polar surface area (TPSA) is 44.0 Å². The fourth-order valence-electron chi connectivity index (χ4n) is 1.25. The lowest BCUT2D eigenvalue weighted by Gasteiger charge is -2.12. The molecular weight excluding hydrogens is 219 g/mol. The van der Waals surface area contributed by atoms with E-state index in [1.807, 2.05) is 6.07 Å². The molecule has 0 aromatic heterocycles. The molecular formula is C11H10F3NO. The molecule has 1 unspecified atom stereocenters. The molecule has 1 N–H and O–H groups in total. The molecule has 1 aromatic carbocycles. The molecule has 2 nitrogen and oxygen atoms in total. The molecule has 1 rings (SSSR count). The van der Waals surface area contributed by atoms with E-state index in [2.05, 4.69) is 0 Å². The highest BCUT2D eigenvalue weighted by molar-refractivity contribution is 5.32. The minimum Gasteiger partial charge on any atom is -0.388 e. The number of rotatable bonds is 3. The summed E-state index contributed by atoms with van der Waals surface area (Å²) in [7, 11) is 0. The zero-order chi connectivity index (χ0) is 12.2. The quantitative estimate of drug-likeness (QED) is 0.865. The Bertz CT molecular complexity index is 378. The molecule has 0 heterocycles. The number of halogens is 3. The molecule has 0 spiro atoms. The minimum absolute atomic E-state index is 0.366. The third kappa shape index (κ3) is 3.91. The summed E-state index contributed by atoms with van der Waals surface area (Å²) < 4.78 is 35.7. The summed E-state index contributed by atoms with van der Waals surface area (Å²) in [6.07, 6.45) is -6.79. The van der Waals surface area contributed by atoms with Crippen LogP contribution in [-0.4, -0.2) is 11.3 Å². The summed E-state index contributed by atoms with van der Waals surface area (Å²) >= 11 is 0. The standard InChI is InChI=1S/C11H10F3NO/c12-11(13,14)6-5-10(16)9-3-1-8(7-15)2-4-9/h1-4,10,16H,5-6H2. The summed E-state index contributed by atoms with van der Waals surface area (Å²) in [5.41, 5.74) is 0.801. The predicted molar refractivity (Wildman–Crippen MR) is 51.4 cm³/mol. The third-order valence-corrected chi connectivity index (χ3v) is 2.13. The highest BCUT2D eigenvalue weighted by Crippen LogP contribution is 2.27. The summed E-state index contributed by atoms with van der Waals surface area (Å²) in [4.78, 5) is 0. The first kappa shape index (κ1) is 12.5. The Hall–Kier alpha value is -1.54. The van der Waals surface area contributed by atoms with E-state index >= 15 is 0 Å². The molecule has 0 saturated carbocycles. The van der Waals surface area contributed by atoms with E-state index in [-0.39, 0.29) is 6.42 Å². The molecule has 0 radical (unpaired) electrons. The number of hydrogen-bond acceptors (Lipinski definition) is 2. The number of nitriles is 1. The maximum atomic E-state index is 11.9. The predicted octanol–water partition coefficient (Wildman–Crippen LogP) is 2.93. The summed E-state index contributed by atoms with van der Waals surface area (Å²) in [5.74, 6) is 0. The average molecular weight is 229 g/mol. The van der Waals surface area contributed by atoms with Gasteiger partial charge in [-0.05, 0) is 24.1 Å². The van der Waals surface area contributed by atoms with Crippen molar-refractivity contribution in [3.05, 3.63) is 35.4 Å². The van der Waals surface area contributed by atoms with Crippen LogP contribution >= 0.6 is 0 Å². The van der Waals surface area contributed by atoms with E-state index in [0.717, 1.165) is 0 Å². The van der Waals surface area contributed by atoms with Gasteiger partial charge in [-0.2, -0.15) is 18.4 Å². The number of nitrogens with zero attached hydrogens (tertiary/aromatic N) is 1. The smallest absolute Gasteiger partial charge is 0.388 e. The van der Waals surface area contributed by atoms with Gasteiger partial charge in [0.2, 0.25) is 0 Å². The van der Waals surface area contributed by atoms with Crippen molar-refractivity contribution in [1.82, 2.24) is 0 Å². The second-order valence-corrected chi connectivity index (χ2v) is 3.40. The zero-order valence-corrected chi connectivity index (χ0v) is 8.33. The minimum atomic E-state index is -4.26. The van der Waals surface area contributed by atoms with Crippen LogP contribution in [-0.2, 0) is 0 Å². The maximum Gasteiger partial charge on any atom is 0.389 e. The Morgan fingerprint density at radius 3 is 2.25 bits per heavy atom. The van der Waals surface area contributed by atoms with Gasteiger partial charge >= 0.3 is 6.18 Å². The summed E-state index contributed by atoms with van der Waals surface area (Å²) in [6.45, 7) is 0. The van der Waals surface area contributed by atoms with E-state index in [9.17, 15) is 18.3 Å². The van der Waals surface area contributed by atoms with Gasteiger partial charge in [0.05, 0.1) is 17.7 Å². The number of alkyl halides is 3. The first-order valence-electron chi connectivity index (χ1n) is 4.67. The molecule has 1 atom stereocenters. The highest BCUT2D eigenvalue weighted by atomic mass is 19.4. The van der Waals surface area contributed by atoms with Gasteiger partial charge in [0.25, 0.3) is 0 Å². The molecule has 86 valence electrons. The van der Waals surface area contributed by atoms with Gasteiger partial charge in [-0.3, -0.25) is 0 Å². The zero-order valence-electron chi connectivity index (χ0n) is 8.33. The van der Waals surface area contributed by atoms with Gasteiger partial charge in [-0.25, -0.2) is 0 Å². The van der Waals surface area contributed by atoms with Gasteiger partial charge in [0.15, 0.2) is 0 Å².